The molecule has 0 aliphatic carbocycles. The van der Waals surface area contributed by atoms with Gasteiger partial charge in [-0.3, -0.25) is 4.79 Å². The van der Waals surface area contributed by atoms with Crippen molar-refractivity contribution in [3.63, 3.8) is 0 Å². The van der Waals surface area contributed by atoms with Crippen molar-refractivity contribution in [1.29, 1.82) is 0 Å². The van der Waals surface area contributed by atoms with E-state index in [1.807, 2.05) is 36.5 Å². The fourth-order valence-corrected chi connectivity index (χ4v) is 1.64. The molecule has 3 nitrogen and oxygen atoms in total. The van der Waals surface area contributed by atoms with Crippen molar-refractivity contribution >= 4 is 22.9 Å². The van der Waals surface area contributed by atoms with Crippen LogP contribution in [0.2, 0.25) is 0 Å². The van der Waals surface area contributed by atoms with Crippen LogP contribution in [-0.2, 0) is 4.79 Å². The average molecular weight is 214 g/mol. The molecule has 0 bridgehead atoms. The fourth-order valence-electron chi connectivity index (χ4n) is 1.64. The summed E-state index contributed by atoms with van der Waals surface area (Å²) in [5.41, 5.74) is 2.28. The van der Waals surface area contributed by atoms with Crippen LogP contribution in [0.5, 0.6) is 0 Å². The normalized spacial score (nSPS) is 11.1. The average Bonchev–Trinajstić information content (AvgIpc) is 2.72. The molecule has 2 aromatic rings. The van der Waals surface area contributed by atoms with Crippen LogP contribution in [0.3, 0.4) is 0 Å². The second-order valence-electron chi connectivity index (χ2n) is 3.63. The van der Waals surface area contributed by atoms with Gasteiger partial charge in [0.05, 0.1) is 0 Å². The fraction of sp³-hybridized carbons (Fsp3) is 0.154. The van der Waals surface area contributed by atoms with E-state index in [1.54, 1.807) is 0 Å². The minimum Gasteiger partial charge on any atom is -0.361 e. The molecule has 0 atom stereocenters. The number of nitrogens with one attached hydrogen (secondary N) is 2. The summed E-state index contributed by atoms with van der Waals surface area (Å²) in [6, 6.07) is 8.16. The van der Waals surface area contributed by atoms with Crippen LogP contribution in [0, 0.1) is 0 Å². The van der Waals surface area contributed by atoms with E-state index in [2.05, 4.69) is 16.4 Å². The monoisotopic (exact) mass is 214 g/mol. The number of rotatable bonds is 3. The molecule has 0 saturated heterocycles. The number of aromatic nitrogens is 1. The summed E-state index contributed by atoms with van der Waals surface area (Å²) in [6.45, 7) is 2.08. The van der Waals surface area contributed by atoms with E-state index in [-0.39, 0.29) is 5.91 Å². The third kappa shape index (κ3) is 2.31. The van der Waals surface area contributed by atoms with Crippen LogP contribution in [0.1, 0.15) is 12.5 Å². The van der Waals surface area contributed by atoms with E-state index < -0.39 is 0 Å². The summed E-state index contributed by atoms with van der Waals surface area (Å²) in [5, 5.41) is 3.92. The van der Waals surface area contributed by atoms with Gasteiger partial charge in [0.15, 0.2) is 0 Å². The van der Waals surface area contributed by atoms with Crippen LogP contribution in [-0.4, -0.2) is 17.4 Å². The lowest BCUT2D eigenvalue weighted by molar-refractivity contribution is -0.118. The Morgan fingerprint density at radius 3 is 3.12 bits per heavy atom. The van der Waals surface area contributed by atoms with Gasteiger partial charge in [-0.05, 0) is 17.7 Å². The lowest BCUT2D eigenvalue weighted by atomic mass is 10.1. The molecule has 16 heavy (non-hydrogen) atoms. The van der Waals surface area contributed by atoms with Crippen molar-refractivity contribution in [2.75, 3.05) is 6.54 Å². The molecule has 2 rings (SSSR count). The maximum Gasteiger partial charge on any atom is 0.217 e. The molecule has 1 heterocycles. The molecule has 2 N–H and O–H groups in total. The van der Waals surface area contributed by atoms with Crippen molar-refractivity contribution in [2.24, 2.45) is 0 Å². The molecule has 0 aliphatic rings. The lowest BCUT2D eigenvalue weighted by Gasteiger charge is -1.97. The summed E-state index contributed by atoms with van der Waals surface area (Å²) in [4.78, 5) is 13.8. The number of benzene rings is 1. The van der Waals surface area contributed by atoms with Crippen molar-refractivity contribution in [3.8, 4) is 0 Å². The maximum absolute atomic E-state index is 10.7. The van der Waals surface area contributed by atoms with Crippen molar-refractivity contribution in [1.82, 2.24) is 10.3 Å². The van der Waals surface area contributed by atoms with E-state index in [0.29, 0.717) is 6.54 Å². The number of hydrogen-bond acceptors (Lipinski definition) is 1. The zero-order valence-electron chi connectivity index (χ0n) is 9.16. The highest BCUT2D eigenvalue weighted by Gasteiger charge is 1.97. The van der Waals surface area contributed by atoms with Gasteiger partial charge >= 0.3 is 0 Å². The number of H-pyrrole nitrogens is 1. The quantitative estimate of drug-likeness (QED) is 0.809. The van der Waals surface area contributed by atoms with Gasteiger partial charge in [-0.15, -0.1) is 0 Å². The Kier molecular flexibility index (Phi) is 3.05. The first-order valence-electron chi connectivity index (χ1n) is 5.24. The molecule has 0 spiro atoms. The highest BCUT2D eigenvalue weighted by atomic mass is 16.1. The molecule has 1 aromatic carbocycles. The number of hydrogen-bond donors (Lipinski definition) is 2. The van der Waals surface area contributed by atoms with Crippen LogP contribution >= 0.6 is 0 Å². The van der Waals surface area contributed by atoms with Crippen LogP contribution in [0.15, 0.2) is 36.5 Å². The van der Waals surface area contributed by atoms with Crippen molar-refractivity contribution in [3.05, 3.63) is 42.1 Å². The maximum atomic E-state index is 10.7. The van der Waals surface area contributed by atoms with E-state index in [9.17, 15) is 4.79 Å². The highest BCUT2D eigenvalue weighted by Crippen LogP contribution is 2.18. The number of carbonyl (C=O) groups is 1. The minimum absolute atomic E-state index is 0.00972. The standard InChI is InChI=1S/C13H14N2O/c1-10(16)14-8-3-5-11-4-2-6-13-12(11)7-9-15-13/h2-7,9,15H,8H2,1H3,(H,14,16). The van der Waals surface area contributed by atoms with Crippen molar-refractivity contribution < 1.29 is 4.79 Å². The Labute approximate surface area is 94.2 Å². The molecule has 3 heteroatoms. The van der Waals surface area contributed by atoms with Crippen LogP contribution < -0.4 is 5.32 Å². The first kappa shape index (κ1) is 10.5. The first-order valence-corrected chi connectivity index (χ1v) is 5.24. The number of amides is 1. The van der Waals surface area contributed by atoms with Gasteiger partial charge in [-0.1, -0.05) is 24.3 Å². The van der Waals surface area contributed by atoms with Gasteiger partial charge in [0, 0.05) is 30.6 Å². The third-order valence-electron chi connectivity index (χ3n) is 2.39. The van der Waals surface area contributed by atoms with Gasteiger partial charge in [0.2, 0.25) is 5.91 Å². The molecule has 1 amide bonds. The minimum atomic E-state index is -0.00972. The largest absolute Gasteiger partial charge is 0.361 e. The molecule has 0 fully saturated rings. The Hall–Kier alpha value is -2.03. The molecular formula is C13H14N2O. The lowest BCUT2D eigenvalue weighted by Crippen LogP contribution is -2.19. The zero-order valence-corrected chi connectivity index (χ0v) is 9.16. The Bertz CT molecular complexity index is 525. The molecule has 0 saturated carbocycles. The summed E-state index contributed by atoms with van der Waals surface area (Å²) >= 11 is 0. The van der Waals surface area contributed by atoms with E-state index >= 15 is 0 Å². The summed E-state index contributed by atoms with van der Waals surface area (Å²) < 4.78 is 0. The number of aromatic amines is 1. The van der Waals surface area contributed by atoms with Crippen LogP contribution in [0.4, 0.5) is 0 Å². The van der Waals surface area contributed by atoms with Gasteiger partial charge in [0.1, 0.15) is 0 Å². The summed E-state index contributed by atoms with van der Waals surface area (Å²) in [6.07, 6.45) is 5.89. The van der Waals surface area contributed by atoms with E-state index in [4.69, 9.17) is 0 Å². The first-order chi connectivity index (χ1) is 7.77. The Balaban J connectivity index is 2.14. The third-order valence-corrected chi connectivity index (χ3v) is 2.39. The Morgan fingerprint density at radius 2 is 2.31 bits per heavy atom. The Morgan fingerprint density at radius 1 is 1.44 bits per heavy atom. The second kappa shape index (κ2) is 4.66. The smallest absolute Gasteiger partial charge is 0.217 e. The zero-order chi connectivity index (χ0) is 11.4. The molecule has 0 radical (unpaired) electrons. The molecule has 1 aromatic heterocycles. The molecule has 0 unspecified atom stereocenters. The number of fused-ring (bicyclic) bond motifs is 1. The second-order valence-corrected chi connectivity index (χ2v) is 3.63. The van der Waals surface area contributed by atoms with Crippen LogP contribution in [0.25, 0.3) is 17.0 Å². The summed E-state index contributed by atoms with van der Waals surface area (Å²) in [7, 11) is 0. The van der Waals surface area contributed by atoms with Gasteiger partial charge in [-0.25, -0.2) is 0 Å². The van der Waals surface area contributed by atoms with Crippen molar-refractivity contribution in [2.45, 2.75) is 6.92 Å². The van der Waals surface area contributed by atoms with Gasteiger partial charge in [-0.2, -0.15) is 0 Å². The predicted molar refractivity (Wildman–Crippen MR) is 66.0 cm³/mol. The predicted octanol–water partition coefficient (Wildman–Crippen LogP) is 2.32. The van der Waals surface area contributed by atoms with E-state index in [0.717, 1.165) is 11.1 Å². The van der Waals surface area contributed by atoms with E-state index in [1.165, 1.54) is 12.3 Å². The SMILES string of the molecule is CC(=O)NCC=Cc1cccc2[nH]ccc12. The molecule has 0 aliphatic heterocycles. The van der Waals surface area contributed by atoms with Gasteiger partial charge in [0.25, 0.3) is 0 Å². The topological polar surface area (TPSA) is 44.9 Å². The van der Waals surface area contributed by atoms with Gasteiger partial charge < -0.3 is 10.3 Å². The number of carbonyl (C=O) groups excluding carboxylic acids is 1. The molecular weight excluding hydrogens is 200 g/mol. The summed E-state index contributed by atoms with van der Waals surface area (Å²) in [5.74, 6) is -0.00972. The highest BCUT2D eigenvalue weighted by molar-refractivity contribution is 5.88. The molecule has 82 valence electrons.